The summed E-state index contributed by atoms with van der Waals surface area (Å²) in [5.41, 5.74) is 0. The molecule has 0 bridgehead atoms. The highest BCUT2D eigenvalue weighted by atomic mass is 35.5. The second kappa shape index (κ2) is 11.2. The molecule has 0 aliphatic heterocycles. The van der Waals surface area contributed by atoms with Gasteiger partial charge in [-0.3, -0.25) is 0 Å². The van der Waals surface area contributed by atoms with E-state index in [-0.39, 0.29) is 12.4 Å². The molecule has 0 aliphatic carbocycles. The van der Waals surface area contributed by atoms with E-state index in [0.29, 0.717) is 6.61 Å². The Hall–Kier alpha value is -0.930. The molecule has 1 N–H and O–H groups in total. The second-order valence-electron chi connectivity index (χ2n) is 3.85. The van der Waals surface area contributed by atoms with E-state index in [2.05, 4.69) is 19.2 Å². The van der Waals surface area contributed by atoms with E-state index in [1.807, 2.05) is 24.3 Å². The van der Waals surface area contributed by atoms with E-state index in [1.54, 1.807) is 0 Å². The van der Waals surface area contributed by atoms with Crippen molar-refractivity contribution in [1.29, 1.82) is 0 Å². The zero-order valence-corrected chi connectivity index (χ0v) is 12.1. The highest BCUT2D eigenvalue weighted by Crippen LogP contribution is 2.26. The highest BCUT2D eigenvalue weighted by Gasteiger charge is 2.03. The zero-order valence-electron chi connectivity index (χ0n) is 11.3. The van der Waals surface area contributed by atoms with Gasteiger partial charge in [-0.15, -0.1) is 12.4 Å². The molecule has 0 aliphatic rings. The molecule has 0 saturated carbocycles. The van der Waals surface area contributed by atoms with Crippen molar-refractivity contribution in [3.05, 3.63) is 24.3 Å². The maximum atomic E-state index is 5.69. The molecule has 0 atom stereocenters. The predicted molar refractivity (Wildman–Crippen MR) is 78.1 cm³/mol. The lowest BCUT2D eigenvalue weighted by Gasteiger charge is -2.12. The van der Waals surface area contributed by atoms with E-state index >= 15 is 0 Å². The molecule has 3 nitrogen and oxygen atoms in total. The van der Waals surface area contributed by atoms with Crippen molar-refractivity contribution in [3.8, 4) is 11.5 Å². The minimum absolute atomic E-state index is 0. The van der Waals surface area contributed by atoms with Crippen LogP contribution >= 0.6 is 12.4 Å². The molecule has 1 rings (SSSR count). The quantitative estimate of drug-likeness (QED) is 0.701. The SMILES string of the molecule is CCCCOc1ccccc1OCCNCC.Cl. The number of hydrogen-bond acceptors (Lipinski definition) is 3. The van der Waals surface area contributed by atoms with E-state index < -0.39 is 0 Å². The maximum absolute atomic E-state index is 5.69. The van der Waals surface area contributed by atoms with Crippen LogP contribution in [0.25, 0.3) is 0 Å². The van der Waals surface area contributed by atoms with Crippen molar-refractivity contribution < 1.29 is 9.47 Å². The van der Waals surface area contributed by atoms with Gasteiger partial charge >= 0.3 is 0 Å². The first-order chi connectivity index (χ1) is 8.38. The molecule has 0 saturated heterocycles. The molecule has 0 amide bonds. The van der Waals surface area contributed by atoms with Crippen LogP contribution in [0.15, 0.2) is 24.3 Å². The Labute approximate surface area is 116 Å². The third-order valence-electron chi connectivity index (χ3n) is 2.39. The molecular weight excluding hydrogens is 250 g/mol. The highest BCUT2D eigenvalue weighted by molar-refractivity contribution is 5.85. The first kappa shape index (κ1) is 17.1. The van der Waals surface area contributed by atoms with Gasteiger partial charge in [0.15, 0.2) is 11.5 Å². The van der Waals surface area contributed by atoms with Crippen LogP contribution in [0.2, 0.25) is 0 Å². The number of hydrogen-bond donors (Lipinski definition) is 1. The molecule has 4 heteroatoms. The van der Waals surface area contributed by atoms with Crippen LogP contribution < -0.4 is 14.8 Å². The average Bonchev–Trinajstić information content (AvgIpc) is 2.36. The lowest BCUT2D eigenvalue weighted by molar-refractivity contribution is 0.265. The number of benzene rings is 1. The lowest BCUT2D eigenvalue weighted by atomic mass is 10.3. The molecule has 18 heavy (non-hydrogen) atoms. The molecule has 0 fully saturated rings. The molecule has 0 unspecified atom stereocenters. The van der Waals surface area contributed by atoms with Gasteiger partial charge in [-0.05, 0) is 25.1 Å². The normalized spacial score (nSPS) is 9.67. The standard InChI is InChI=1S/C14H23NO2.ClH/c1-3-5-11-16-13-8-6-7-9-14(13)17-12-10-15-4-2;/h6-9,15H,3-5,10-12H2,1-2H3;1H. The molecule has 1 aromatic rings. The largest absolute Gasteiger partial charge is 0.490 e. The topological polar surface area (TPSA) is 30.5 Å². The summed E-state index contributed by atoms with van der Waals surface area (Å²) >= 11 is 0. The average molecular weight is 274 g/mol. The summed E-state index contributed by atoms with van der Waals surface area (Å²) < 4.78 is 11.4. The number of rotatable bonds is 9. The summed E-state index contributed by atoms with van der Waals surface area (Å²) in [5.74, 6) is 1.68. The van der Waals surface area contributed by atoms with Gasteiger partial charge in [0.2, 0.25) is 0 Å². The van der Waals surface area contributed by atoms with Gasteiger partial charge in [0.1, 0.15) is 6.61 Å². The van der Waals surface area contributed by atoms with Gasteiger partial charge in [-0.1, -0.05) is 32.4 Å². The maximum Gasteiger partial charge on any atom is 0.161 e. The van der Waals surface area contributed by atoms with Crippen LogP contribution in [-0.4, -0.2) is 26.3 Å². The van der Waals surface area contributed by atoms with Crippen LogP contribution in [0, 0.1) is 0 Å². The van der Waals surface area contributed by atoms with Gasteiger partial charge in [-0.25, -0.2) is 0 Å². The second-order valence-corrected chi connectivity index (χ2v) is 3.85. The van der Waals surface area contributed by atoms with Crippen molar-refractivity contribution in [2.75, 3.05) is 26.3 Å². The van der Waals surface area contributed by atoms with E-state index in [1.165, 1.54) is 0 Å². The van der Waals surface area contributed by atoms with Crippen LogP contribution in [0.3, 0.4) is 0 Å². The Bertz CT molecular complexity index is 308. The summed E-state index contributed by atoms with van der Waals surface area (Å²) in [6.07, 6.45) is 2.22. The number of ether oxygens (including phenoxy) is 2. The van der Waals surface area contributed by atoms with Gasteiger partial charge in [0, 0.05) is 6.54 Å². The van der Waals surface area contributed by atoms with Gasteiger partial charge < -0.3 is 14.8 Å². The molecule has 0 spiro atoms. The van der Waals surface area contributed by atoms with Gasteiger partial charge in [-0.2, -0.15) is 0 Å². The minimum atomic E-state index is 0. The van der Waals surface area contributed by atoms with Crippen molar-refractivity contribution in [2.45, 2.75) is 26.7 Å². The Morgan fingerprint density at radius 1 is 1.00 bits per heavy atom. The number of para-hydroxylation sites is 2. The summed E-state index contributed by atoms with van der Waals surface area (Å²) in [7, 11) is 0. The predicted octanol–water partition coefficient (Wildman–Crippen LogP) is 3.28. The number of nitrogens with one attached hydrogen (secondary N) is 1. The summed E-state index contributed by atoms with van der Waals surface area (Å²) in [6, 6.07) is 7.85. The first-order valence-electron chi connectivity index (χ1n) is 6.43. The Kier molecular flexibility index (Phi) is 10.6. The third-order valence-corrected chi connectivity index (χ3v) is 2.39. The summed E-state index contributed by atoms with van der Waals surface area (Å²) in [4.78, 5) is 0. The van der Waals surface area contributed by atoms with E-state index in [4.69, 9.17) is 9.47 Å². The Morgan fingerprint density at radius 3 is 2.17 bits per heavy atom. The first-order valence-corrected chi connectivity index (χ1v) is 6.43. The zero-order chi connectivity index (χ0) is 12.3. The third kappa shape index (κ3) is 6.72. The fraction of sp³-hybridized carbons (Fsp3) is 0.571. The van der Waals surface area contributed by atoms with Crippen molar-refractivity contribution in [3.63, 3.8) is 0 Å². The van der Waals surface area contributed by atoms with Crippen LogP contribution in [0.4, 0.5) is 0 Å². The van der Waals surface area contributed by atoms with Crippen LogP contribution in [-0.2, 0) is 0 Å². The smallest absolute Gasteiger partial charge is 0.161 e. The summed E-state index contributed by atoms with van der Waals surface area (Å²) in [5, 5.41) is 3.22. The van der Waals surface area contributed by atoms with Crippen molar-refractivity contribution >= 4 is 12.4 Å². The monoisotopic (exact) mass is 273 g/mol. The number of halogens is 1. The molecule has 1 aromatic carbocycles. The fourth-order valence-corrected chi connectivity index (χ4v) is 1.43. The Morgan fingerprint density at radius 2 is 1.61 bits per heavy atom. The molecular formula is C14H24ClNO2. The van der Waals surface area contributed by atoms with E-state index in [0.717, 1.165) is 44.0 Å². The van der Waals surface area contributed by atoms with Crippen molar-refractivity contribution in [1.82, 2.24) is 5.32 Å². The summed E-state index contributed by atoms with van der Waals surface area (Å²) in [6.45, 7) is 7.49. The number of unbranched alkanes of at least 4 members (excludes halogenated alkanes) is 1. The van der Waals surface area contributed by atoms with Gasteiger partial charge in [0.25, 0.3) is 0 Å². The Balaban J connectivity index is 0.00000289. The lowest BCUT2D eigenvalue weighted by Crippen LogP contribution is -2.20. The van der Waals surface area contributed by atoms with Crippen molar-refractivity contribution in [2.24, 2.45) is 0 Å². The molecule has 0 heterocycles. The van der Waals surface area contributed by atoms with Gasteiger partial charge in [0.05, 0.1) is 6.61 Å². The van der Waals surface area contributed by atoms with Crippen LogP contribution in [0.1, 0.15) is 26.7 Å². The minimum Gasteiger partial charge on any atom is -0.490 e. The molecule has 0 aromatic heterocycles. The van der Waals surface area contributed by atoms with Crippen LogP contribution in [0.5, 0.6) is 11.5 Å². The molecule has 0 radical (unpaired) electrons. The van der Waals surface area contributed by atoms with E-state index in [9.17, 15) is 0 Å². The molecule has 104 valence electrons. The fourth-order valence-electron chi connectivity index (χ4n) is 1.43. The number of likely N-dealkylation sites (N-methyl/N-ethyl adjacent to an activating group) is 1.